The number of nitrogens with two attached hydrogens (primary N) is 1. The van der Waals surface area contributed by atoms with Crippen molar-refractivity contribution in [3.63, 3.8) is 0 Å². The van der Waals surface area contributed by atoms with E-state index in [9.17, 15) is 0 Å². The normalized spacial score (nSPS) is 16.8. The Balaban J connectivity index is 2.01. The van der Waals surface area contributed by atoms with Crippen molar-refractivity contribution in [2.45, 2.75) is 43.8 Å². The third kappa shape index (κ3) is 3.77. The van der Waals surface area contributed by atoms with Gasteiger partial charge < -0.3 is 11.1 Å². The fourth-order valence-corrected chi connectivity index (χ4v) is 2.29. The van der Waals surface area contributed by atoms with Gasteiger partial charge in [-0.2, -0.15) is 0 Å². The Morgan fingerprint density at radius 1 is 1.53 bits per heavy atom. The van der Waals surface area contributed by atoms with Crippen LogP contribution in [0, 0.1) is 5.92 Å². The van der Waals surface area contributed by atoms with Crippen LogP contribution in [-0.2, 0) is 0 Å². The fraction of sp³-hybridized carbons (Fsp3) is 0.667. The number of rotatable bonds is 6. The van der Waals surface area contributed by atoms with Gasteiger partial charge in [0.25, 0.3) is 0 Å². The first-order valence-corrected chi connectivity index (χ1v) is 7.38. The molecule has 5 heteroatoms. The van der Waals surface area contributed by atoms with Gasteiger partial charge in [-0.25, -0.2) is 9.97 Å². The van der Waals surface area contributed by atoms with Crippen LogP contribution in [0.2, 0.25) is 0 Å². The number of thioether (sulfide) groups is 1. The summed E-state index contributed by atoms with van der Waals surface area (Å²) in [7, 11) is 0. The standard InChI is InChI=1S/C12H20N4S/c1-3-9(6-8-4-5-8)14-11-7-10(13)15-12(16-11)17-2/h7-9H,3-6H2,1-2H3,(H3,13,14,15,16). The summed E-state index contributed by atoms with van der Waals surface area (Å²) >= 11 is 1.52. The monoisotopic (exact) mass is 252 g/mol. The van der Waals surface area contributed by atoms with Gasteiger partial charge in [0.05, 0.1) is 0 Å². The smallest absolute Gasteiger partial charge is 0.191 e. The zero-order chi connectivity index (χ0) is 12.3. The molecule has 1 aromatic rings. The van der Waals surface area contributed by atoms with E-state index in [1.807, 2.05) is 12.3 Å². The molecule has 1 saturated carbocycles. The molecule has 0 amide bonds. The minimum absolute atomic E-state index is 0.506. The molecule has 4 nitrogen and oxygen atoms in total. The summed E-state index contributed by atoms with van der Waals surface area (Å²) in [4.78, 5) is 8.58. The van der Waals surface area contributed by atoms with Gasteiger partial charge in [0.15, 0.2) is 5.16 Å². The lowest BCUT2D eigenvalue weighted by molar-refractivity contribution is 0.584. The molecule has 17 heavy (non-hydrogen) atoms. The highest BCUT2D eigenvalue weighted by Gasteiger charge is 2.24. The van der Waals surface area contributed by atoms with Gasteiger partial charge in [-0.1, -0.05) is 31.5 Å². The molecule has 0 aromatic carbocycles. The van der Waals surface area contributed by atoms with Crippen LogP contribution in [0.25, 0.3) is 0 Å². The molecule has 1 unspecified atom stereocenters. The van der Waals surface area contributed by atoms with Crippen LogP contribution in [0.15, 0.2) is 11.2 Å². The lowest BCUT2D eigenvalue weighted by atomic mass is 10.1. The predicted molar refractivity (Wildman–Crippen MR) is 73.3 cm³/mol. The minimum Gasteiger partial charge on any atom is -0.383 e. The number of nitrogens with zero attached hydrogens (tertiary/aromatic N) is 2. The first-order valence-electron chi connectivity index (χ1n) is 6.16. The van der Waals surface area contributed by atoms with Crippen LogP contribution in [0.1, 0.15) is 32.6 Å². The Labute approximate surface area is 107 Å². The summed E-state index contributed by atoms with van der Waals surface area (Å²) < 4.78 is 0. The summed E-state index contributed by atoms with van der Waals surface area (Å²) in [6.45, 7) is 2.21. The van der Waals surface area contributed by atoms with Crippen molar-refractivity contribution in [3.05, 3.63) is 6.07 Å². The molecule has 1 aliphatic carbocycles. The SMILES string of the molecule is CCC(CC1CC1)Nc1cc(N)nc(SC)n1. The third-order valence-corrected chi connectivity index (χ3v) is 3.62. The van der Waals surface area contributed by atoms with Crippen LogP contribution in [0.5, 0.6) is 0 Å². The first kappa shape index (κ1) is 12.5. The summed E-state index contributed by atoms with van der Waals surface area (Å²) in [5.74, 6) is 2.31. The maximum Gasteiger partial charge on any atom is 0.191 e. The quantitative estimate of drug-likeness (QED) is 0.602. The average Bonchev–Trinajstić information content (AvgIpc) is 3.11. The zero-order valence-electron chi connectivity index (χ0n) is 10.4. The number of aromatic nitrogens is 2. The Kier molecular flexibility index (Phi) is 4.10. The minimum atomic E-state index is 0.506. The van der Waals surface area contributed by atoms with Crippen molar-refractivity contribution in [1.82, 2.24) is 9.97 Å². The summed E-state index contributed by atoms with van der Waals surface area (Å²) in [5, 5.41) is 4.20. The Bertz CT molecular complexity index is 379. The van der Waals surface area contributed by atoms with Gasteiger partial charge >= 0.3 is 0 Å². The molecule has 1 fully saturated rings. The Morgan fingerprint density at radius 2 is 2.29 bits per heavy atom. The van der Waals surface area contributed by atoms with Gasteiger partial charge in [0, 0.05) is 12.1 Å². The van der Waals surface area contributed by atoms with Gasteiger partial charge in [-0.3, -0.25) is 0 Å². The molecule has 0 spiro atoms. The van der Waals surface area contributed by atoms with Gasteiger partial charge in [-0.15, -0.1) is 0 Å². The maximum absolute atomic E-state index is 5.76. The lowest BCUT2D eigenvalue weighted by Crippen LogP contribution is -2.20. The van der Waals surface area contributed by atoms with E-state index in [1.165, 1.54) is 31.0 Å². The number of nitrogen functional groups attached to an aromatic ring is 1. The molecular weight excluding hydrogens is 232 g/mol. The highest BCUT2D eigenvalue weighted by molar-refractivity contribution is 7.98. The van der Waals surface area contributed by atoms with Crippen molar-refractivity contribution < 1.29 is 0 Å². The Morgan fingerprint density at radius 3 is 2.88 bits per heavy atom. The fourth-order valence-electron chi connectivity index (χ4n) is 1.90. The van der Waals surface area contributed by atoms with E-state index in [1.54, 1.807) is 0 Å². The molecule has 2 rings (SSSR count). The van der Waals surface area contributed by atoms with Crippen LogP contribution < -0.4 is 11.1 Å². The van der Waals surface area contributed by atoms with Gasteiger partial charge in [0.2, 0.25) is 0 Å². The highest BCUT2D eigenvalue weighted by Crippen LogP contribution is 2.34. The van der Waals surface area contributed by atoms with Crippen molar-refractivity contribution in [2.24, 2.45) is 5.92 Å². The van der Waals surface area contributed by atoms with Crippen molar-refractivity contribution >= 4 is 23.4 Å². The van der Waals surface area contributed by atoms with E-state index in [-0.39, 0.29) is 0 Å². The summed E-state index contributed by atoms with van der Waals surface area (Å²) in [6.07, 6.45) is 7.10. The maximum atomic E-state index is 5.76. The Hall–Kier alpha value is -0.970. The number of anilines is 2. The molecule has 0 saturated heterocycles. The average molecular weight is 252 g/mol. The van der Waals surface area contributed by atoms with E-state index in [0.29, 0.717) is 11.9 Å². The van der Waals surface area contributed by atoms with E-state index >= 15 is 0 Å². The zero-order valence-corrected chi connectivity index (χ0v) is 11.3. The van der Waals surface area contributed by atoms with Crippen molar-refractivity contribution in [3.8, 4) is 0 Å². The van der Waals surface area contributed by atoms with Crippen LogP contribution in [-0.4, -0.2) is 22.3 Å². The van der Waals surface area contributed by atoms with E-state index < -0.39 is 0 Å². The summed E-state index contributed by atoms with van der Waals surface area (Å²) in [6, 6.07) is 2.32. The topological polar surface area (TPSA) is 63.8 Å². The van der Waals surface area contributed by atoms with Crippen LogP contribution in [0.4, 0.5) is 11.6 Å². The molecule has 0 radical (unpaired) electrons. The van der Waals surface area contributed by atoms with Gasteiger partial charge in [0.1, 0.15) is 11.6 Å². The second-order valence-electron chi connectivity index (χ2n) is 4.59. The number of nitrogens with one attached hydrogen (secondary N) is 1. The third-order valence-electron chi connectivity index (χ3n) is 3.07. The first-order chi connectivity index (χ1) is 8.21. The molecule has 0 bridgehead atoms. The molecule has 1 aliphatic rings. The van der Waals surface area contributed by atoms with Crippen molar-refractivity contribution in [2.75, 3.05) is 17.3 Å². The molecule has 0 aliphatic heterocycles. The second-order valence-corrected chi connectivity index (χ2v) is 5.37. The highest BCUT2D eigenvalue weighted by atomic mass is 32.2. The predicted octanol–water partition coefficient (Wildman–Crippen LogP) is 2.77. The molecule has 3 N–H and O–H groups in total. The second kappa shape index (κ2) is 5.58. The number of hydrogen-bond acceptors (Lipinski definition) is 5. The van der Waals surface area contributed by atoms with E-state index in [4.69, 9.17) is 5.73 Å². The van der Waals surface area contributed by atoms with E-state index in [2.05, 4.69) is 22.2 Å². The van der Waals surface area contributed by atoms with Crippen LogP contribution >= 0.6 is 11.8 Å². The largest absolute Gasteiger partial charge is 0.383 e. The number of hydrogen-bond donors (Lipinski definition) is 2. The lowest BCUT2D eigenvalue weighted by Gasteiger charge is -2.17. The molecule has 1 aromatic heterocycles. The summed E-state index contributed by atoms with van der Waals surface area (Å²) in [5.41, 5.74) is 5.76. The molecule has 94 valence electrons. The van der Waals surface area contributed by atoms with Crippen molar-refractivity contribution in [1.29, 1.82) is 0 Å². The van der Waals surface area contributed by atoms with Gasteiger partial charge in [-0.05, 0) is 25.0 Å². The van der Waals surface area contributed by atoms with E-state index in [0.717, 1.165) is 23.3 Å². The molecular formula is C12H20N4S. The molecule has 1 atom stereocenters. The molecule has 1 heterocycles. The van der Waals surface area contributed by atoms with Crippen LogP contribution in [0.3, 0.4) is 0 Å².